The second kappa shape index (κ2) is 7.93. The quantitative estimate of drug-likeness (QED) is 0.531. The van der Waals surface area contributed by atoms with E-state index in [1.807, 2.05) is 72.3 Å². The number of aromatic nitrogens is 2. The topological polar surface area (TPSA) is 59.4 Å². The molecule has 0 bridgehead atoms. The van der Waals surface area contributed by atoms with Gasteiger partial charge in [-0.3, -0.25) is 4.79 Å². The average Bonchev–Trinajstić information content (AvgIpc) is 3.36. The molecule has 1 amide bonds. The van der Waals surface area contributed by atoms with E-state index in [9.17, 15) is 4.79 Å². The molecular formula is C23H22N4O2S. The van der Waals surface area contributed by atoms with Crippen molar-refractivity contribution < 1.29 is 9.53 Å². The number of nitrogens with one attached hydrogen (secondary N) is 1. The first kappa shape index (κ1) is 18.8. The Hall–Kier alpha value is -3.16. The van der Waals surface area contributed by atoms with Gasteiger partial charge in [-0.2, -0.15) is 5.10 Å². The molecule has 1 N–H and O–H groups in total. The van der Waals surface area contributed by atoms with Crippen LogP contribution in [0.2, 0.25) is 0 Å². The predicted octanol–water partition coefficient (Wildman–Crippen LogP) is 4.48. The number of fused-ring (bicyclic) bond motifs is 1. The van der Waals surface area contributed by atoms with Crippen molar-refractivity contribution in [3.8, 4) is 5.69 Å². The van der Waals surface area contributed by atoms with Gasteiger partial charge in [0.15, 0.2) is 0 Å². The van der Waals surface area contributed by atoms with Gasteiger partial charge in [0.25, 0.3) is 5.91 Å². The molecule has 152 valence electrons. The van der Waals surface area contributed by atoms with Crippen molar-refractivity contribution in [2.24, 2.45) is 0 Å². The SMILES string of the molecule is Cc1nn(-c2ccccc2)c2sc(C(=O)Nc3ccccc3N3CCOCC3)cc12. The van der Waals surface area contributed by atoms with Gasteiger partial charge in [-0.25, -0.2) is 4.68 Å². The first-order valence-corrected chi connectivity index (χ1v) is 10.8. The molecule has 0 saturated carbocycles. The highest BCUT2D eigenvalue weighted by Crippen LogP contribution is 2.32. The molecule has 6 nitrogen and oxygen atoms in total. The van der Waals surface area contributed by atoms with Gasteiger partial charge in [0, 0.05) is 18.5 Å². The Morgan fingerprint density at radius 3 is 2.60 bits per heavy atom. The van der Waals surface area contributed by atoms with Crippen LogP contribution >= 0.6 is 11.3 Å². The number of nitrogens with zero attached hydrogens (tertiary/aromatic N) is 3. The summed E-state index contributed by atoms with van der Waals surface area (Å²) in [5, 5.41) is 8.78. The lowest BCUT2D eigenvalue weighted by Crippen LogP contribution is -2.36. The number of ether oxygens (including phenoxy) is 1. The van der Waals surface area contributed by atoms with E-state index in [-0.39, 0.29) is 5.91 Å². The summed E-state index contributed by atoms with van der Waals surface area (Å²) in [6.45, 7) is 5.02. The number of amides is 1. The zero-order valence-electron chi connectivity index (χ0n) is 16.7. The van der Waals surface area contributed by atoms with Gasteiger partial charge >= 0.3 is 0 Å². The van der Waals surface area contributed by atoms with E-state index in [4.69, 9.17) is 4.74 Å². The molecule has 0 unspecified atom stereocenters. The molecule has 2 aromatic heterocycles. The van der Waals surface area contributed by atoms with Crippen LogP contribution in [0, 0.1) is 6.92 Å². The number of rotatable bonds is 4. The molecule has 0 spiro atoms. The van der Waals surface area contributed by atoms with Crippen LogP contribution in [0.4, 0.5) is 11.4 Å². The lowest BCUT2D eigenvalue weighted by molar-refractivity contribution is 0.103. The number of aryl methyl sites for hydroxylation is 1. The zero-order chi connectivity index (χ0) is 20.5. The molecule has 0 aliphatic carbocycles. The summed E-state index contributed by atoms with van der Waals surface area (Å²) in [6, 6.07) is 19.9. The van der Waals surface area contributed by atoms with Crippen LogP contribution in [0.5, 0.6) is 0 Å². The highest BCUT2D eigenvalue weighted by molar-refractivity contribution is 7.20. The number of carbonyl (C=O) groups is 1. The number of hydrogen-bond donors (Lipinski definition) is 1. The number of para-hydroxylation sites is 3. The van der Waals surface area contributed by atoms with E-state index < -0.39 is 0 Å². The van der Waals surface area contributed by atoms with Crippen LogP contribution in [0.25, 0.3) is 15.9 Å². The first-order valence-electron chi connectivity index (χ1n) is 9.98. The van der Waals surface area contributed by atoms with Gasteiger partial charge in [-0.05, 0) is 37.3 Å². The van der Waals surface area contributed by atoms with Gasteiger partial charge in [-0.1, -0.05) is 30.3 Å². The van der Waals surface area contributed by atoms with Gasteiger partial charge < -0.3 is 15.0 Å². The fraction of sp³-hybridized carbons (Fsp3) is 0.217. The van der Waals surface area contributed by atoms with Crippen molar-refractivity contribution in [1.29, 1.82) is 0 Å². The van der Waals surface area contributed by atoms with Crippen LogP contribution in [0.15, 0.2) is 60.7 Å². The maximum Gasteiger partial charge on any atom is 0.265 e. The molecule has 7 heteroatoms. The van der Waals surface area contributed by atoms with Crippen LogP contribution in [0.1, 0.15) is 15.4 Å². The number of hydrogen-bond acceptors (Lipinski definition) is 5. The molecular weight excluding hydrogens is 396 g/mol. The monoisotopic (exact) mass is 418 g/mol. The lowest BCUT2D eigenvalue weighted by Gasteiger charge is -2.30. The molecule has 3 heterocycles. The normalized spacial score (nSPS) is 14.2. The van der Waals surface area contributed by atoms with E-state index in [1.165, 1.54) is 11.3 Å². The largest absolute Gasteiger partial charge is 0.378 e. The molecule has 0 radical (unpaired) electrons. The lowest BCUT2D eigenvalue weighted by atomic mass is 10.2. The number of anilines is 2. The van der Waals surface area contributed by atoms with E-state index in [2.05, 4.69) is 15.3 Å². The Morgan fingerprint density at radius 2 is 1.80 bits per heavy atom. The van der Waals surface area contributed by atoms with E-state index in [0.717, 1.165) is 46.1 Å². The van der Waals surface area contributed by atoms with Crippen molar-refractivity contribution in [3.05, 3.63) is 71.2 Å². The number of carbonyl (C=O) groups excluding carboxylic acids is 1. The third-order valence-corrected chi connectivity index (χ3v) is 6.38. The van der Waals surface area contributed by atoms with Crippen molar-refractivity contribution in [1.82, 2.24) is 9.78 Å². The average molecular weight is 419 g/mol. The van der Waals surface area contributed by atoms with Crippen LogP contribution < -0.4 is 10.2 Å². The predicted molar refractivity (Wildman–Crippen MR) is 121 cm³/mol. The fourth-order valence-corrected chi connectivity index (χ4v) is 4.82. The summed E-state index contributed by atoms with van der Waals surface area (Å²) in [7, 11) is 0. The molecule has 5 rings (SSSR count). The molecule has 2 aromatic carbocycles. The molecule has 1 fully saturated rings. The van der Waals surface area contributed by atoms with Crippen molar-refractivity contribution in [3.63, 3.8) is 0 Å². The fourth-order valence-electron chi connectivity index (χ4n) is 3.75. The van der Waals surface area contributed by atoms with E-state index in [1.54, 1.807) is 0 Å². The van der Waals surface area contributed by atoms with Crippen LogP contribution in [-0.2, 0) is 4.74 Å². The van der Waals surface area contributed by atoms with Crippen LogP contribution in [0.3, 0.4) is 0 Å². The minimum absolute atomic E-state index is 0.101. The summed E-state index contributed by atoms with van der Waals surface area (Å²) in [4.78, 5) is 17.0. The highest BCUT2D eigenvalue weighted by Gasteiger charge is 2.20. The van der Waals surface area contributed by atoms with Crippen molar-refractivity contribution in [2.45, 2.75) is 6.92 Å². The number of thiophene rings is 1. The highest BCUT2D eigenvalue weighted by atomic mass is 32.1. The smallest absolute Gasteiger partial charge is 0.265 e. The molecule has 1 saturated heterocycles. The standard InChI is InChI=1S/C23H22N4O2S/c1-16-18-15-21(30-23(18)27(25-16)17-7-3-2-4-8-17)22(28)24-19-9-5-6-10-20(19)26-11-13-29-14-12-26/h2-10,15H,11-14H2,1H3,(H,24,28). The molecule has 0 atom stereocenters. The Balaban J connectivity index is 1.45. The maximum atomic E-state index is 13.1. The van der Waals surface area contributed by atoms with Crippen LogP contribution in [-0.4, -0.2) is 42.0 Å². The Kier molecular flexibility index (Phi) is 4.98. The second-order valence-corrected chi connectivity index (χ2v) is 8.26. The number of morpholine rings is 1. The maximum absolute atomic E-state index is 13.1. The van der Waals surface area contributed by atoms with Gasteiger partial charge in [0.2, 0.25) is 0 Å². The summed E-state index contributed by atoms with van der Waals surface area (Å²) in [5.74, 6) is -0.101. The second-order valence-electron chi connectivity index (χ2n) is 7.23. The Morgan fingerprint density at radius 1 is 1.07 bits per heavy atom. The van der Waals surface area contributed by atoms with Gasteiger partial charge in [0.05, 0.1) is 40.8 Å². The minimum Gasteiger partial charge on any atom is -0.378 e. The molecule has 1 aliphatic heterocycles. The van der Waals surface area contributed by atoms with Gasteiger partial charge in [-0.15, -0.1) is 11.3 Å². The van der Waals surface area contributed by atoms with Crippen molar-refractivity contribution in [2.75, 3.05) is 36.5 Å². The summed E-state index contributed by atoms with van der Waals surface area (Å²) in [6.07, 6.45) is 0. The van der Waals surface area contributed by atoms with E-state index >= 15 is 0 Å². The van der Waals surface area contributed by atoms with E-state index in [0.29, 0.717) is 18.1 Å². The summed E-state index contributed by atoms with van der Waals surface area (Å²) < 4.78 is 7.37. The molecule has 1 aliphatic rings. The van der Waals surface area contributed by atoms with Gasteiger partial charge in [0.1, 0.15) is 4.83 Å². The summed E-state index contributed by atoms with van der Waals surface area (Å²) >= 11 is 1.46. The molecule has 4 aromatic rings. The Labute approximate surface area is 178 Å². The first-order chi connectivity index (χ1) is 14.7. The minimum atomic E-state index is -0.101. The zero-order valence-corrected chi connectivity index (χ0v) is 17.5. The number of benzene rings is 2. The van der Waals surface area contributed by atoms with Crippen molar-refractivity contribution >= 4 is 38.8 Å². The molecule has 30 heavy (non-hydrogen) atoms. The third-order valence-electron chi connectivity index (χ3n) is 5.27. The third kappa shape index (κ3) is 3.46. The Bertz CT molecular complexity index is 1190. The summed E-state index contributed by atoms with van der Waals surface area (Å²) in [5.41, 5.74) is 3.75.